The molecule has 0 bridgehead atoms. The molecule has 80 valence electrons. The maximum absolute atomic E-state index is 11.4. The molecule has 1 aromatic rings. The lowest BCUT2D eigenvalue weighted by atomic mass is 10.3. The topological polar surface area (TPSA) is 62.7 Å². The molecule has 5 heteroatoms. The van der Waals surface area contributed by atoms with E-state index in [4.69, 9.17) is 4.74 Å². The zero-order chi connectivity index (χ0) is 10.8. The van der Waals surface area contributed by atoms with E-state index in [0.717, 1.165) is 0 Å². The average molecular weight is 208 g/mol. The Balaban J connectivity index is 2.19. The lowest BCUT2D eigenvalue weighted by Gasteiger charge is -2.15. The minimum Gasteiger partial charge on any atom is -0.481 e. The lowest BCUT2D eigenvalue weighted by Crippen LogP contribution is -2.25. The maximum Gasteiger partial charge on any atom is 0.229 e. The second-order valence-corrected chi connectivity index (χ2v) is 3.42. The SMILES string of the molecule is COc1ccc(N2CC(O)CC2=O)cn1. The normalized spacial score (nSPS) is 20.8. The molecule has 0 radical (unpaired) electrons. The Hall–Kier alpha value is -1.62. The van der Waals surface area contributed by atoms with Crippen molar-refractivity contribution in [1.82, 2.24) is 4.98 Å². The lowest BCUT2D eigenvalue weighted by molar-refractivity contribution is -0.117. The van der Waals surface area contributed by atoms with Gasteiger partial charge in [-0.15, -0.1) is 0 Å². The number of aliphatic hydroxyl groups is 1. The minimum absolute atomic E-state index is 0.0746. The number of pyridine rings is 1. The number of carbonyl (C=O) groups is 1. The summed E-state index contributed by atoms with van der Waals surface area (Å²) in [7, 11) is 1.53. The van der Waals surface area contributed by atoms with Crippen LogP contribution in [-0.4, -0.2) is 35.8 Å². The van der Waals surface area contributed by atoms with Gasteiger partial charge in [-0.2, -0.15) is 0 Å². The third-order valence-corrected chi connectivity index (χ3v) is 2.35. The molecule has 0 saturated carbocycles. The fourth-order valence-corrected chi connectivity index (χ4v) is 1.59. The molecule has 1 saturated heterocycles. The quantitative estimate of drug-likeness (QED) is 0.753. The van der Waals surface area contributed by atoms with Gasteiger partial charge >= 0.3 is 0 Å². The summed E-state index contributed by atoms with van der Waals surface area (Å²) in [6.45, 7) is 0.340. The first-order chi connectivity index (χ1) is 7.20. The molecule has 2 rings (SSSR count). The van der Waals surface area contributed by atoms with Crippen molar-refractivity contribution in [3.05, 3.63) is 18.3 Å². The number of aromatic nitrogens is 1. The highest BCUT2D eigenvalue weighted by Gasteiger charge is 2.29. The molecule has 0 aliphatic carbocycles. The van der Waals surface area contributed by atoms with Crippen molar-refractivity contribution in [3.63, 3.8) is 0 Å². The monoisotopic (exact) mass is 208 g/mol. The summed E-state index contributed by atoms with van der Waals surface area (Å²) in [6, 6.07) is 3.44. The number of aliphatic hydroxyl groups excluding tert-OH is 1. The van der Waals surface area contributed by atoms with E-state index in [0.29, 0.717) is 18.1 Å². The first kappa shape index (κ1) is 9.92. The van der Waals surface area contributed by atoms with Crippen LogP contribution in [0.4, 0.5) is 5.69 Å². The van der Waals surface area contributed by atoms with Gasteiger partial charge in [-0.05, 0) is 6.07 Å². The first-order valence-electron chi connectivity index (χ1n) is 4.69. The largest absolute Gasteiger partial charge is 0.481 e. The van der Waals surface area contributed by atoms with Gasteiger partial charge in [0.05, 0.1) is 38.1 Å². The fraction of sp³-hybridized carbons (Fsp3) is 0.400. The number of carbonyl (C=O) groups excluding carboxylic acids is 1. The fourth-order valence-electron chi connectivity index (χ4n) is 1.59. The van der Waals surface area contributed by atoms with Crippen molar-refractivity contribution in [1.29, 1.82) is 0 Å². The van der Waals surface area contributed by atoms with Gasteiger partial charge in [0, 0.05) is 6.07 Å². The third-order valence-electron chi connectivity index (χ3n) is 2.35. The van der Waals surface area contributed by atoms with E-state index in [-0.39, 0.29) is 12.3 Å². The second kappa shape index (κ2) is 3.86. The molecule has 5 nitrogen and oxygen atoms in total. The number of hydrogen-bond donors (Lipinski definition) is 1. The molecule has 2 heterocycles. The Morgan fingerprint density at radius 2 is 2.40 bits per heavy atom. The Labute approximate surface area is 87.3 Å². The summed E-state index contributed by atoms with van der Waals surface area (Å²) in [4.78, 5) is 17.0. The molecule has 0 aromatic carbocycles. The Morgan fingerprint density at radius 1 is 1.60 bits per heavy atom. The molecule has 1 aliphatic heterocycles. The van der Waals surface area contributed by atoms with E-state index in [2.05, 4.69) is 4.98 Å². The van der Waals surface area contributed by atoms with E-state index in [1.807, 2.05) is 0 Å². The van der Waals surface area contributed by atoms with E-state index < -0.39 is 6.10 Å². The summed E-state index contributed by atoms with van der Waals surface area (Å²) in [5.41, 5.74) is 0.692. The zero-order valence-corrected chi connectivity index (χ0v) is 8.38. The van der Waals surface area contributed by atoms with Crippen molar-refractivity contribution >= 4 is 11.6 Å². The van der Waals surface area contributed by atoms with Crippen molar-refractivity contribution in [2.24, 2.45) is 0 Å². The van der Waals surface area contributed by atoms with Gasteiger partial charge in [0.2, 0.25) is 11.8 Å². The summed E-state index contributed by atoms with van der Waals surface area (Å²) in [5, 5.41) is 9.32. The third kappa shape index (κ3) is 1.92. The van der Waals surface area contributed by atoms with Gasteiger partial charge in [0.25, 0.3) is 0 Å². The number of methoxy groups -OCH3 is 1. The van der Waals surface area contributed by atoms with Crippen molar-refractivity contribution in [3.8, 4) is 5.88 Å². The summed E-state index contributed by atoms with van der Waals surface area (Å²) >= 11 is 0. The van der Waals surface area contributed by atoms with Gasteiger partial charge in [0.1, 0.15) is 0 Å². The molecule has 1 fully saturated rings. The molecule has 1 N–H and O–H groups in total. The van der Waals surface area contributed by atoms with Crippen LogP contribution in [0.2, 0.25) is 0 Å². The summed E-state index contributed by atoms with van der Waals surface area (Å²) in [6.07, 6.45) is 1.18. The number of hydrogen-bond acceptors (Lipinski definition) is 4. The van der Waals surface area contributed by atoms with Crippen LogP contribution in [0.25, 0.3) is 0 Å². The smallest absolute Gasteiger partial charge is 0.229 e. The van der Waals surface area contributed by atoms with Crippen LogP contribution in [-0.2, 0) is 4.79 Å². The van der Waals surface area contributed by atoms with Crippen LogP contribution in [0.1, 0.15) is 6.42 Å². The van der Waals surface area contributed by atoms with Gasteiger partial charge in [-0.1, -0.05) is 0 Å². The van der Waals surface area contributed by atoms with Crippen LogP contribution >= 0.6 is 0 Å². The standard InChI is InChI=1S/C10H12N2O3/c1-15-9-3-2-7(5-11-9)12-6-8(13)4-10(12)14/h2-3,5,8,13H,4,6H2,1H3. The Kier molecular flexibility index (Phi) is 2.55. The molecule has 1 aliphatic rings. The van der Waals surface area contributed by atoms with Crippen molar-refractivity contribution < 1.29 is 14.6 Å². The maximum atomic E-state index is 11.4. The van der Waals surface area contributed by atoms with Crippen LogP contribution in [0.15, 0.2) is 18.3 Å². The highest BCUT2D eigenvalue weighted by Crippen LogP contribution is 2.21. The van der Waals surface area contributed by atoms with Gasteiger partial charge in [0.15, 0.2) is 0 Å². The Morgan fingerprint density at radius 3 is 2.87 bits per heavy atom. The Bertz CT molecular complexity index is 363. The highest BCUT2D eigenvalue weighted by atomic mass is 16.5. The van der Waals surface area contributed by atoms with Crippen LogP contribution in [0.3, 0.4) is 0 Å². The number of β-amino-alcohol motifs (C(OH)–C–C–N with tert-alkyl or cyclic N) is 1. The van der Waals surface area contributed by atoms with Gasteiger partial charge in [-0.25, -0.2) is 4.98 Å². The molecule has 15 heavy (non-hydrogen) atoms. The second-order valence-electron chi connectivity index (χ2n) is 3.42. The van der Waals surface area contributed by atoms with E-state index >= 15 is 0 Å². The predicted molar refractivity (Wildman–Crippen MR) is 53.8 cm³/mol. The summed E-state index contributed by atoms with van der Waals surface area (Å²) < 4.78 is 4.92. The zero-order valence-electron chi connectivity index (χ0n) is 8.38. The minimum atomic E-state index is -0.570. The average Bonchev–Trinajstić information content (AvgIpc) is 2.58. The van der Waals surface area contributed by atoms with Gasteiger partial charge in [-0.3, -0.25) is 4.79 Å². The molecule has 1 atom stereocenters. The van der Waals surface area contributed by atoms with Crippen LogP contribution in [0.5, 0.6) is 5.88 Å². The summed E-state index contributed by atoms with van der Waals surface area (Å²) in [5.74, 6) is 0.431. The van der Waals surface area contributed by atoms with Crippen LogP contribution < -0.4 is 9.64 Å². The van der Waals surface area contributed by atoms with Crippen molar-refractivity contribution in [2.75, 3.05) is 18.6 Å². The number of amides is 1. The highest BCUT2D eigenvalue weighted by molar-refractivity contribution is 5.95. The van der Waals surface area contributed by atoms with E-state index in [1.54, 1.807) is 18.3 Å². The number of anilines is 1. The van der Waals surface area contributed by atoms with Crippen molar-refractivity contribution in [2.45, 2.75) is 12.5 Å². The number of ether oxygens (including phenoxy) is 1. The predicted octanol–water partition coefficient (Wildman–Crippen LogP) is 0.188. The van der Waals surface area contributed by atoms with E-state index in [1.165, 1.54) is 12.0 Å². The van der Waals surface area contributed by atoms with Crippen LogP contribution in [0, 0.1) is 0 Å². The molecule has 0 spiro atoms. The van der Waals surface area contributed by atoms with E-state index in [9.17, 15) is 9.90 Å². The number of nitrogens with zero attached hydrogens (tertiary/aromatic N) is 2. The molecule has 1 aromatic heterocycles. The molecule has 1 unspecified atom stereocenters. The number of rotatable bonds is 2. The van der Waals surface area contributed by atoms with Gasteiger partial charge < -0.3 is 14.7 Å². The molecule has 1 amide bonds. The first-order valence-corrected chi connectivity index (χ1v) is 4.69. The molecular formula is C10H12N2O3. The molecular weight excluding hydrogens is 196 g/mol.